The third-order valence-electron chi connectivity index (χ3n) is 10.4. The van der Waals surface area contributed by atoms with E-state index in [0.29, 0.717) is 11.5 Å². The molecule has 1 atom stereocenters. The van der Waals surface area contributed by atoms with Crippen molar-refractivity contribution >= 4 is 10.8 Å². The van der Waals surface area contributed by atoms with Crippen molar-refractivity contribution in [3.63, 3.8) is 0 Å². The molecule has 1 unspecified atom stereocenters. The van der Waals surface area contributed by atoms with E-state index < -0.39 is 34.6 Å². The van der Waals surface area contributed by atoms with E-state index in [2.05, 4.69) is 13.0 Å². The summed E-state index contributed by atoms with van der Waals surface area (Å²) < 4.78 is 81.8. The average molecular weight is 589 g/mol. The van der Waals surface area contributed by atoms with Gasteiger partial charge < -0.3 is 0 Å². The molecule has 0 aliphatic heterocycles. The third kappa shape index (κ3) is 7.37. The lowest BCUT2D eigenvalue weighted by Gasteiger charge is -2.37. The highest BCUT2D eigenvalue weighted by molar-refractivity contribution is 5.86. The Hall–Kier alpha value is -2.42. The van der Waals surface area contributed by atoms with Crippen molar-refractivity contribution in [2.45, 2.75) is 115 Å². The second kappa shape index (κ2) is 13.5. The van der Waals surface area contributed by atoms with Gasteiger partial charge in [0.05, 0.1) is 10.9 Å². The van der Waals surface area contributed by atoms with E-state index in [1.807, 2.05) is 0 Å². The van der Waals surface area contributed by atoms with E-state index in [1.54, 1.807) is 11.6 Å². The molecule has 0 N–H and O–H groups in total. The summed E-state index contributed by atoms with van der Waals surface area (Å²) in [5.41, 5.74) is 1.21. The molecule has 2 aromatic rings. The van der Waals surface area contributed by atoms with Crippen LogP contribution in [-0.4, -0.2) is 6.18 Å². The summed E-state index contributed by atoms with van der Waals surface area (Å²) in [6, 6.07) is 3.73. The molecule has 2 aromatic carbocycles. The molecular formula is C36H42F6. The van der Waals surface area contributed by atoms with Crippen LogP contribution in [0.25, 0.3) is 10.8 Å². The molecule has 0 nitrogen and oxygen atoms in total. The highest BCUT2D eigenvalue weighted by Crippen LogP contribution is 2.45. The van der Waals surface area contributed by atoms with Crippen LogP contribution in [0.3, 0.4) is 0 Å². The summed E-state index contributed by atoms with van der Waals surface area (Å²) >= 11 is 0. The van der Waals surface area contributed by atoms with Crippen LogP contribution in [-0.2, 0) is 0 Å². The van der Waals surface area contributed by atoms with E-state index in [-0.39, 0.29) is 11.3 Å². The van der Waals surface area contributed by atoms with Gasteiger partial charge in [0.1, 0.15) is 11.6 Å². The molecule has 5 rings (SSSR count). The van der Waals surface area contributed by atoms with Crippen LogP contribution >= 0.6 is 0 Å². The van der Waals surface area contributed by atoms with Gasteiger partial charge in [-0.05, 0) is 110 Å². The van der Waals surface area contributed by atoms with Gasteiger partial charge in [-0.25, -0.2) is 13.2 Å². The quantitative estimate of drug-likeness (QED) is 0.131. The van der Waals surface area contributed by atoms with Crippen molar-refractivity contribution in [3.05, 3.63) is 58.4 Å². The second-order valence-electron chi connectivity index (χ2n) is 13.0. The lowest BCUT2D eigenvalue weighted by Crippen LogP contribution is -2.25. The number of fused-ring (bicyclic) bond motifs is 1. The van der Waals surface area contributed by atoms with Crippen LogP contribution in [0.2, 0.25) is 0 Å². The molecular weight excluding hydrogens is 546 g/mol. The predicted molar refractivity (Wildman–Crippen MR) is 156 cm³/mol. The Kier molecular flexibility index (Phi) is 9.95. The van der Waals surface area contributed by atoms with Gasteiger partial charge in [0.15, 0.2) is 5.82 Å². The van der Waals surface area contributed by atoms with E-state index in [0.717, 1.165) is 55.4 Å². The summed E-state index contributed by atoms with van der Waals surface area (Å²) in [5, 5.41) is -0.511. The normalized spacial score (nSPS) is 26.9. The molecule has 0 radical (unpaired) electrons. The first-order valence-electron chi connectivity index (χ1n) is 16.0. The number of alkyl halides is 3. The zero-order valence-corrected chi connectivity index (χ0v) is 24.6. The number of hydrogen-bond acceptors (Lipinski definition) is 0. The van der Waals surface area contributed by atoms with Crippen molar-refractivity contribution in [2.24, 2.45) is 23.7 Å². The van der Waals surface area contributed by atoms with Gasteiger partial charge in [-0.1, -0.05) is 69.1 Å². The maximum Gasteiger partial charge on any atom is 0.458 e. The Labute approximate surface area is 246 Å². The molecule has 0 heterocycles. The van der Waals surface area contributed by atoms with Crippen molar-refractivity contribution in [1.29, 1.82) is 0 Å². The molecule has 3 aliphatic carbocycles. The molecule has 0 aromatic heterocycles. The Bertz CT molecular complexity index is 1330. The van der Waals surface area contributed by atoms with Crippen LogP contribution in [0.1, 0.15) is 120 Å². The smallest absolute Gasteiger partial charge is 0.206 e. The fourth-order valence-corrected chi connectivity index (χ4v) is 8.02. The molecule has 0 bridgehead atoms. The molecule has 2 fully saturated rings. The lowest BCUT2D eigenvalue weighted by molar-refractivity contribution is -0.0696. The highest BCUT2D eigenvalue weighted by Gasteiger charge is 2.32. The monoisotopic (exact) mass is 588 g/mol. The third-order valence-corrected chi connectivity index (χ3v) is 10.4. The molecule has 42 heavy (non-hydrogen) atoms. The molecule has 3 aliphatic rings. The first kappa shape index (κ1) is 31.0. The van der Waals surface area contributed by atoms with Crippen molar-refractivity contribution in [2.75, 3.05) is 0 Å². The Morgan fingerprint density at radius 1 is 0.786 bits per heavy atom. The van der Waals surface area contributed by atoms with E-state index in [4.69, 9.17) is 0 Å². The minimum atomic E-state index is -4.91. The zero-order chi connectivity index (χ0) is 29.9. The Balaban J connectivity index is 1.17. The van der Waals surface area contributed by atoms with Gasteiger partial charge in [0.2, 0.25) is 0 Å². The number of unbranched alkanes of at least 4 members (excludes halogenated alkanes) is 2. The topological polar surface area (TPSA) is 0 Å². The number of benzene rings is 2. The Morgan fingerprint density at radius 2 is 1.50 bits per heavy atom. The molecule has 2 saturated carbocycles. The zero-order valence-electron chi connectivity index (χ0n) is 24.6. The molecule has 6 heteroatoms. The molecule has 228 valence electrons. The molecule has 0 spiro atoms. The number of hydrogen-bond donors (Lipinski definition) is 0. The summed E-state index contributed by atoms with van der Waals surface area (Å²) in [7, 11) is 0. The van der Waals surface area contributed by atoms with Gasteiger partial charge in [-0.2, -0.15) is 13.2 Å². The maximum atomic E-state index is 15.1. The van der Waals surface area contributed by atoms with Crippen molar-refractivity contribution < 1.29 is 26.3 Å². The van der Waals surface area contributed by atoms with Crippen LogP contribution in [0.5, 0.6) is 0 Å². The molecule has 0 saturated heterocycles. The minimum Gasteiger partial charge on any atom is -0.206 e. The van der Waals surface area contributed by atoms with Crippen LogP contribution in [0.15, 0.2) is 29.8 Å². The molecule has 0 amide bonds. The minimum absolute atomic E-state index is 0.00991. The first-order valence-corrected chi connectivity index (χ1v) is 16.0. The summed E-state index contributed by atoms with van der Waals surface area (Å²) in [6.07, 6.45) is 16.1. The average Bonchev–Trinajstić information content (AvgIpc) is 2.97. The lowest BCUT2D eigenvalue weighted by atomic mass is 9.68. The van der Waals surface area contributed by atoms with Gasteiger partial charge in [0.25, 0.3) is 0 Å². The van der Waals surface area contributed by atoms with Crippen molar-refractivity contribution in [3.8, 4) is 11.8 Å². The van der Waals surface area contributed by atoms with E-state index in [9.17, 15) is 22.0 Å². The summed E-state index contributed by atoms with van der Waals surface area (Å²) in [4.78, 5) is 0. The number of halogens is 6. The maximum absolute atomic E-state index is 15.1. The summed E-state index contributed by atoms with van der Waals surface area (Å²) in [5.74, 6) is 2.13. The SMILES string of the molecule is CCCCCC1CCC(C2CC=C(C3CCC(c4cc(F)c5c(F)c(C#CC(F)(F)F)c(F)cc5c4)CC3)CC2)CC1. The first-order chi connectivity index (χ1) is 20.1. The number of rotatable bonds is 7. The van der Waals surface area contributed by atoms with Gasteiger partial charge in [0, 0.05) is 5.92 Å². The van der Waals surface area contributed by atoms with Crippen LogP contribution in [0.4, 0.5) is 26.3 Å². The largest absolute Gasteiger partial charge is 0.458 e. The predicted octanol–water partition coefficient (Wildman–Crippen LogP) is 11.6. The second-order valence-corrected chi connectivity index (χ2v) is 13.0. The summed E-state index contributed by atoms with van der Waals surface area (Å²) in [6.45, 7) is 2.27. The standard InChI is InChI=1S/C36H42F6/c1-2-3-4-5-23-6-8-24(9-7-23)25-10-12-26(13-11-25)27-14-16-28(17-15-27)29-20-30-22-32(37)31(18-19-36(40,41)42)35(39)34(30)33(38)21-29/h12,20-25,27-28H,2-11,13-17H2,1H3. The van der Waals surface area contributed by atoms with E-state index >= 15 is 4.39 Å². The fraction of sp³-hybridized carbons (Fsp3) is 0.611. The fourth-order valence-electron chi connectivity index (χ4n) is 8.02. The highest BCUT2D eigenvalue weighted by atomic mass is 19.4. The van der Waals surface area contributed by atoms with Gasteiger partial charge in [-0.3, -0.25) is 0 Å². The van der Waals surface area contributed by atoms with Crippen molar-refractivity contribution in [1.82, 2.24) is 0 Å². The van der Waals surface area contributed by atoms with Gasteiger partial charge >= 0.3 is 6.18 Å². The van der Waals surface area contributed by atoms with Gasteiger partial charge in [-0.15, -0.1) is 0 Å². The Morgan fingerprint density at radius 3 is 2.14 bits per heavy atom. The van der Waals surface area contributed by atoms with E-state index in [1.165, 1.54) is 82.6 Å². The number of allylic oxidation sites excluding steroid dienone is 2. The van der Waals surface area contributed by atoms with Crippen LogP contribution in [0, 0.1) is 53.0 Å². The van der Waals surface area contributed by atoms with Crippen LogP contribution < -0.4 is 0 Å².